The smallest absolute Gasteiger partial charge is 0.330 e. The largest absolute Gasteiger partial charge is 0.383 e. The Bertz CT molecular complexity index is 1250. The second kappa shape index (κ2) is 9.37. The fourth-order valence-electron chi connectivity index (χ4n) is 3.66. The lowest BCUT2D eigenvalue weighted by atomic mass is 10.1. The summed E-state index contributed by atoms with van der Waals surface area (Å²) in [7, 11) is 1.79. The molecule has 3 aromatic heterocycles. The minimum Gasteiger partial charge on any atom is -0.383 e. The van der Waals surface area contributed by atoms with Crippen LogP contribution in [0.1, 0.15) is 56.1 Å². The predicted molar refractivity (Wildman–Crippen MR) is 125 cm³/mol. The summed E-state index contributed by atoms with van der Waals surface area (Å²) in [6, 6.07) is 1.73. The summed E-state index contributed by atoms with van der Waals surface area (Å²) in [6.07, 6.45) is 3.70. The number of amides is 1. The monoisotopic (exact) mass is 441 g/mol. The van der Waals surface area contributed by atoms with Crippen molar-refractivity contribution in [3.63, 3.8) is 0 Å². The Morgan fingerprint density at radius 1 is 1.31 bits per heavy atom. The molecule has 10 nitrogen and oxygen atoms in total. The van der Waals surface area contributed by atoms with E-state index in [4.69, 9.17) is 5.73 Å². The predicted octanol–water partition coefficient (Wildman–Crippen LogP) is 2.20. The van der Waals surface area contributed by atoms with E-state index in [9.17, 15) is 14.4 Å². The Kier molecular flexibility index (Phi) is 6.81. The average molecular weight is 442 g/mol. The van der Waals surface area contributed by atoms with Crippen LogP contribution in [-0.4, -0.2) is 36.8 Å². The van der Waals surface area contributed by atoms with Crippen molar-refractivity contribution < 1.29 is 4.79 Å². The number of carbonyl (C=O) groups excluding carboxylic acids is 1. The van der Waals surface area contributed by atoms with Crippen LogP contribution < -0.4 is 21.9 Å². The molecule has 3 aromatic rings. The Morgan fingerprint density at radius 3 is 2.69 bits per heavy atom. The molecule has 0 aliphatic rings. The SMILES string of the molecule is CCCCn1c(N)c(N(CCC(C)C)C(=O)c2cnc3c(c2)c(C)nn3C)c(=O)[nH]c1=O. The summed E-state index contributed by atoms with van der Waals surface area (Å²) in [5, 5.41) is 5.11. The standard InChI is InChI=1S/C22H31N7O3/c1-6-7-9-29-18(23)17(20(30)25-22(29)32)28(10-8-13(2)3)21(31)15-11-16-14(4)26-27(5)19(16)24-12-15/h11-13H,6-10,23H2,1-5H3,(H,25,30,32). The van der Waals surface area contributed by atoms with E-state index >= 15 is 0 Å². The molecular formula is C22H31N7O3. The molecule has 0 unspecified atom stereocenters. The zero-order chi connectivity index (χ0) is 23.6. The zero-order valence-corrected chi connectivity index (χ0v) is 19.3. The molecule has 0 saturated heterocycles. The number of nitrogen functional groups attached to an aromatic ring is 1. The normalized spacial score (nSPS) is 11.4. The van der Waals surface area contributed by atoms with Gasteiger partial charge in [-0.1, -0.05) is 27.2 Å². The van der Waals surface area contributed by atoms with Crippen molar-refractivity contribution in [3.8, 4) is 0 Å². The second-order valence-electron chi connectivity index (χ2n) is 8.44. The van der Waals surface area contributed by atoms with E-state index in [1.807, 2.05) is 27.7 Å². The lowest BCUT2D eigenvalue weighted by Crippen LogP contribution is -2.42. The van der Waals surface area contributed by atoms with Gasteiger partial charge in [0.15, 0.2) is 11.3 Å². The van der Waals surface area contributed by atoms with Gasteiger partial charge in [0, 0.05) is 31.7 Å². The molecule has 1 amide bonds. The number of unbranched alkanes of at least 4 members (excludes halogenated alkanes) is 1. The molecule has 0 radical (unpaired) electrons. The van der Waals surface area contributed by atoms with Gasteiger partial charge in [0.25, 0.3) is 11.5 Å². The van der Waals surface area contributed by atoms with E-state index in [0.29, 0.717) is 24.2 Å². The maximum Gasteiger partial charge on any atom is 0.330 e. The van der Waals surface area contributed by atoms with Crippen LogP contribution >= 0.6 is 0 Å². The highest BCUT2D eigenvalue weighted by Crippen LogP contribution is 2.23. The number of carbonyl (C=O) groups is 1. The number of hydrogen-bond donors (Lipinski definition) is 2. The van der Waals surface area contributed by atoms with Gasteiger partial charge in [-0.3, -0.25) is 23.8 Å². The van der Waals surface area contributed by atoms with E-state index in [0.717, 1.165) is 23.9 Å². The topological polar surface area (TPSA) is 132 Å². The fourth-order valence-corrected chi connectivity index (χ4v) is 3.66. The summed E-state index contributed by atoms with van der Waals surface area (Å²) >= 11 is 0. The number of nitrogens with two attached hydrogens (primary N) is 1. The van der Waals surface area contributed by atoms with Crippen LogP contribution in [0.3, 0.4) is 0 Å². The fraction of sp³-hybridized carbons (Fsp3) is 0.500. The van der Waals surface area contributed by atoms with Gasteiger partial charge in [0.2, 0.25) is 0 Å². The van der Waals surface area contributed by atoms with E-state index in [-0.39, 0.29) is 24.0 Å². The Balaban J connectivity index is 2.13. The number of aromatic nitrogens is 5. The lowest BCUT2D eigenvalue weighted by molar-refractivity contribution is 0.0985. The highest BCUT2D eigenvalue weighted by atomic mass is 16.2. The molecule has 0 spiro atoms. The first-order chi connectivity index (χ1) is 15.1. The Morgan fingerprint density at radius 2 is 2.03 bits per heavy atom. The van der Waals surface area contributed by atoms with Crippen molar-refractivity contribution >= 4 is 28.4 Å². The maximum absolute atomic E-state index is 13.6. The van der Waals surface area contributed by atoms with E-state index in [1.165, 1.54) is 15.7 Å². The minimum absolute atomic E-state index is 0.00379. The number of aryl methyl sites for hydroxylation is 2. The molecule has 0 aliphatic heterocycles. The molecule has 0 bridgehead atoms. The summed E-state index contributed by atoms with van der Waals surface area (Å²) in [5.41, 5.74) is 6.77. The maximum atomic E-state index is 13.6. The number of aromatic amines is 1. The summed E-state index contributed by atoms with van der Waals surface area (Å²) in [6.45, 7) is 8.55. The average Bonchev–Trinajstić information content (AvgIpc) is 3.02. The zero-order valence-electron chi connectivity index (χ0n) is 19.3. The number of pyridine rings is 1. The number of nitrogens with one attached hydrogen (secondary N) is 1. The van der Waals surface area contributed by atoms with Crippen LogP contribution in [-0.2, 0) is 13.6 Å². The van der Waals surface area contributed by atoms with Crippen LogP contribution in [0.15, 0.2) is 21.9 Å². The lowest BCUT2D eigenvalue weighted by Gasteiger charge is -2.25. The number of hydrogen-bond acceptors (Lipinski definition) is 6. The van der Waals surface area contributed by atoms with Crippen molar-refractivity contribution in [2.75, 3.05) is 17.2 Å². The second-order valence-corrected chi connectivity index (χ2v) is 8.44. The van der Waals surface area contributed by atoms with Gasteiger partial charge in [0.1, 0.15) is 5.82 Å². The van der Waals surface area contributed by atoms with Crippen molar-refractivity contribution in [2.24, 2.45) is 13.0 Å². The summed E-state index contributed by atoms with van der Waals surface area (Å²) in [5.74, 6) is -0.116. The van der Waals surface area contributed by atoms with Crippen molar-refractivity contribution in [1.82, 2.24) is 24.3 Å². The number of H-pyrrole nitrogens is 1. The molecule has 0 saturated carbocycles. The third-order valence-electron chi connectivity index (χ3n) is 5.50. The quantitative estimate of drug-likeness (QED) is 0.551. The molecule has 3 heterocycles. The van der Waals surface area contributed by atoms with Gasteiger partial charge in [-0.2, -0.15) is 5.10 Å². The van der Waals surface area contributed by atoms with Crippen LogP contribution in [0, 0.1) is 12.8 Å². The number of rotatable bonds is 8. The van der Waals surface area contributed by atoms with Gasteiger partial charge < -0.3 is 10.6 Å². The third kappa shape index (κ3) is 4.44. The molecule has 10 heteroatoms. The first-order valence-electron chi connectivity index (χ1n) is 10.9. The van der Waals surface area contributed by atoms with Gasteiger partial charge in [-0.25, -0.2) is 9.78 Å². The minimum atomic E-state index is -0.677. The molecule has 3 rings (SSSR count). The molecule has 3 N–H and O–H groups in total. The van der Waals surface area contributed by atoms with Crippen molar-refractivity contribution in [2.45, 2.75) is 53.5 Å². The van der Waals surface area contributed by atoms with E-state index in [2.05, 4.69) is 15.1 Å². The van der Waals surface area contributed by atoms with Crippen molar-refractivity contribution in [1.29, 1.82) is 0 Å². The molecule has 172 valence electrons. The highest BCUT2D eigenvalue weighted by Gasteiger charge is 2.26. The van der Waals surface area contributed by atoms with Crippen LogP contribution in [0.4, 0.5) is 11.5 Å². The molecule has 0 aromatic carbocycles. The van der Waals surface area contributed by atoms with E-state index < -0.39 is 17.2 Å². The summed E-state index contributed by atoms with van der Waals surface area (Å²) in [4.78, 5) is 46.8. The Labute approximate surface area is 186 Å². The molecular weight excluding hydrogens is 410 g/mol. The van der Waals surface area contributed by atoms with E-state index in [1.54, 1.807) is 17.8 Å². The molecule has 32 heavy (non-hydrogen) atoms. The van der Waals surface area contributed by atoms with Gasteiger partial charge in [-0.15, -0.1) is 0 Å². The number of fused-ring (bicyclic) bond motifs is 1. The number of anilines is 2. The van der Waals surface area contributed by atoms with Gasteiger partial charge in [-0.05, 0) is 31.7 Å². The third-order valence-corrected chi connectivity index (χ3v) is 5.50. The molecule has 0 fully saturated rings. The van der Waals surface area contributed by atoms with Crippen LogP contribution in [0.25, 0.3) is 11.0 Å². The first kappa shape index (κ1) is 23.2. The first-order valence-corrected chi connectivity index (χ1v) is 10.9. The van der Waals surface area contributed by atoms with Crippen molar-refractivity contribution in [3.05, 3.63) is 44.4 Å². The molecule has 0 aliphatic carbocycles. The van der Waals surface area contributed by atoms with Gasteiger partial charge in [0.05, 0.1) is 11.3 Å². The van der Waals surface area contributed by atoms with Crippen LogP contribution in [0.5, 0.6) is 0 Å². The number of nitrogens with zero attached hydrogens (tertiary/aromatic N) is 5. The summed E-state index contributed by atoms with van der Waals surface area (Å²) < 4.78 is 2.98. The van der Waals surface area contributed by atoms with Crippen LogP contribution in [0.2, 0.25) is 0 Å². The van der Waals surface area contributed by atoms with Gasteiger partial charge >= 0.3 is 5.69 Å². The highest BCUT2D eigenvalue weighted by molar-refractivity contribution is 6.08. The Hall–Kier alpha value is -3.43. The molecule has 0 atom stereocenters.